The fraction of sp³-hybridized carbons (Fsp3) is 0. The molecule has 0 unspecified atom stereocenters. The zero-order chi connectivity index (χ0) is 22.7. The third kappa shape index (κ3) is 3.92. The van der Waals surface area contributed by atoms with E-state index in [1.165, 1.54) is 22.3 Å². The summed E-state index contributed by atoms with van der Waals surface area (Å²) in [5.74, 6) is 0. The van der Waals surface area contributed by atoms with Crippen molar-refractivity contribution in [1.29, 1.82) is 0 Å². The summed E-state index contributed by atoms with van der Waals surface area (Å²) in [6.45, 7) is 0. The van der Waals surface area contributed by atoms with E-state index in [1.54, 1.807) is 0 Å². The van der Waals surface area contributed by atoms with Crippen LogP contribution in [0.25, 0.3) is 33.6 Å². The molecule has 2 heteroatoms. The van der Waals surface area contributed by atoms with Crippen LogP contribution in [0.15, 0.2) is 146 Å². The first-order valence-corrected chi connectivity index (χ1v) is 11.3. The SMILES string of the molecule is C1=CC=CC=1c1ccc(-[n+]2ccc(-c3cc[n+](-c4ccc(C5=C=CC=C5)cc4)cc3)cc2)cc1. The van der Waals surface area contributed by atoms with Crippen molar-refractivity contribution in [3.05, 3.63) is 157 Å². The van der Waals surface area contributed by atoms with Crippen molar-refractivity contribution in [2.45, 2.75) is 0 Å². The second-order valence-electron chi connectivity index (χ2n) is 8.25. The lowest BCUT2D eigenvalue weighted by molar-refractivity contribution is -0.596. The van der Waals surface area contributed by atoms with Crippen LogP contribution in [0.5, 0.6) is 0 Å². The Kier molecular flexibility index (Phi) is 5.07. The van der Waals surface area contributed by atoms with Gasteiger partial charge in [0, 0.05) is 59.7 Å². The maximum absolute atomic E-state index is 3.25. The average Bonchev–Trinajstić information content (AvgIpc) is 3.65. The van der Waals surface area contributed by atoms with E-state index in [-0.39, 0.29) is 0 Å². The van der Waals surface area contributed by atoms with Gasteiger partial charge in [-0.25, -0.2) is 0 Å². The molecule has 0 saturated heterocycles. The molecule has 0 bridgehead atoms. The molecule has 0 amide bonds. The highest BCUT2D eigenvalue weighted by Crippen LogP contribution is 2.21. The summed E-state index contributed by atoms with van der Waals surface area (Å²) in [5, 5.41) is 0. The van der Waals surface area contributed by atoms with E-state index in [0.717, 1.165) is 22.5 Å². The standard InChI is InChI=1S/C32H22N2/c1-2-6-25(5-1)27-9-13-31(14-10-27)33-21-17-29(18-22-33)30-19-23-34(24-20-30)32-15-11-28(12-16-32)26-7-3-4-8-26/h1-5,7,9-24H/q+2. The van der Waals surface area contributed by atoms with Gasteiger partial charge >= 0.3 is 0 Å². The Bertz CT molecular complexity index is 1430. The van der Waals surface area contributed by atoms with Crippen LogP contribution in [0, 0.1) is 0 Å². The van der Waals surface area contributed by atoms with E-state index in [1.807, 2.05) is 24.3 Å². The number of hydrogen-bond acceptors (Lipinski definition) is 0. The highest BCUT2D eigenvalue weighted by molar-refractivity contribution is 5.77. The zero-order valence-electron chi connectivity index (χ0n) is 18.6. The summed E-state index contributed by atoms with van der Waals surface area (Å²) in [5.41, 5.74) is 15.8. The summed E-state index contributed by atoms with van der Waals surface area (Å²) in [7, 11) is 0. The summed E-state index contributed by atoms with van der Waals surface area (Å²) in [6, 6.07) is 25.8. The number of nitrogens with zero attached hydrogens (tertiary/aromatic N) is 2. The molecule has 0 radical (unpaired) electrons. The number of rotatable bonds is 5. The molecule has 2 heterocycles. The number of allylic oxidation sites excluding steroid dienone is 6. The molecule has 2 aromatic carbocycles. The van der Waals surface area contributed by atoms with Crippen LogP contribution in [0.1, 0.15) is 11.1 Å². The number of aromatic nitrogens is 2. The summed E-state index contributed by atoms with van der Waals surface area (Å²) in [4.78, 5) is 0. The van der Waals surface area contributed by atoms with Gasteiger partial charge < -0.3 is 0 Å². The molecule has 2 aromatic heterocycles. The zero-order valence-corrected chi connectivity index (χ0v) is 18.6. The predicted molar refractivity (Wildman–Crippen MR) is 136 cm³/mol. The summed E-state index contributed by atoms with van der Waals surface area (Å²) >= 11 is 0. The van der Waals surface area contributed by atoms with Crippen LogP contribution in [0.2, 0.25) is 0 Å². The minimum Gasteiger partial charge on any atom is -0.167 e. The van der Waals surface area contributed by atoms with Gasteiger partial charge in [-0.2, -0.15) is 9.13 Å². The molecule has 0 spiro atoms. The molecular weight excluding hydrogens is 412 g/mol. The molecule has 4 aromatic rings. The van der Waals surface area contributed by atoms with Crippen LogP contribution in [-0.4, -0.2) is 0 Å². The molecule has 0 N–H and O–H groups in total. The Labute approximate surface area is 199 Å². The van der Waals surface area contributed by atoms with Gasteiger partial charge in [-0.05, 0) is 70.8 Å². The third-order valence-corrected chi connectivity index (χ3v) is 6.14. The maximum Gasteiger partial charge on any atom is 0.210 e. The van der Waals surface area contributed by atoms with Crippen LogP contribution in [0.3, 0.4) is 0 Å². The number of pyridine rings is 2. The number of hydrogen-bond donors (Lipinski definition) is 0. The normalized spacial score (nSPS) is 13.4. The van der Waals surface area contributed by atoms with Gasteiger partial charge in [-0.3, -0.25) is 0 Å². The largest absolute Gasteiger partial charge is 0.210 e. The second kappa shape index (κ2) is 8.65. The lowest BCUT2D eigenvalue weighted by Gasteiger charge is -2.03. The molecule has 34 heavy (non-hydrogen) atoms. The molecule has 158 valence electrons. The van der Waals surface area contributed by atoms with Crippen LogP contribution >= 0.6 is 0 Å². The van der Waals surface area contributed by atoms with E-state index in [2.05, 4.69) is 130 Å². The minimum atomic E-state index is 1.13. The summed E-state index contributed by atoms with van der Waals surface area (Å²) in [6.07, 6.45) is 20.5. The number of benzene rings is 2. The smallest absolute Gasteiger partial charge is 0.167 e. The maximum atomic E-state index is 3.25. The molecular formula is C32H22N2+2. The van der Waals surface area contributed by atoms with Gasteiger partial charge in [0.15, 0.2) is 24.8 Å². The molecule has 2 nitrogen and oxygen atoms in total. The van der Waals surface area contributed by atoms with Gasteiger partial charge in [-0.1, -0.05) is 12.2 Å². The molecule has 0 atom stereocenters. The lowest BCUT2D eigenvalue weighted by Crippen LogP contribution is -2.29. The fourth-order valence-corrected chi connectivity index (χ4v) is 4.23. The highest BCUT2D eigenvalue weighted by Gasteiger charge is 2.11. The second-order valence-corrected chi connectivity index (χ2v) is 8.25. The molecule has 2 aliphatic carbocycles. The van der Waals surface area contributed by atoms with Gasteiger partial charge in [0.25, 0.3) is 0 Å². The van der Waals surface area contributed by atoms with Crippen LogP contribution in [-0.2, 0) is 0 Å². The van der Waals surface area contributed by atoms with Gasteiger partial charge in [-0.15, -0.1) is 11.5 Å². The topological polar surface area (TPSA) is 7.76 Å². The third-order valence-electron chi connectivity index (χ3n) is 6.14. The van der Waals surface area contributed by atoms with Gasteiger partial charge in [0.2, 0.25) is 11.4 Å². The predicted octanol–water partition coefficient (Wildman–Crippen LogP) is 6.12. The molecule has 6 rings (SSSR count). The van der Waals surface area contributed by atoms with Crippen molar-refractivity contribution < 1.29 is 9.13 Å². The average molecular weight is 435 g/mol. The van der Waals surface area contributed by atoms with E-state index >= 15 is 0 Å². The Morgan fingerprint density at radius 1 is 0.412 bits per heavy atom. The van der Waals surface area contributed by atoms with Crippen LogP contribution in [0.4, 0.5) is 0 Å². The van der Waals surface area contributed by atoms with E-state index < -0.39 is 0 Å². The first-order chi connectivity index (χ1) is 16.8. The molecule has 0 aliphatic heterocycles. The monoisotopic (exact) mass is 434 g/mol. The van der Waals surface area contributed by atoms with Crippen molar-refractivity contribution in [1.82, 2.24) is 0 Å². The first kappa shape index (κ1) is 19.9. The van der Waals surface area contributed by atoms with E-state index in [9.17, 15) is 0 Å². The van der Waals surface area contributed by atoms with Crippen molar-refractivity contribution >= 4 is 11.1 Å². The summed E-state index contributed by atoms with van der Waals surface area (Å²) < 4.78 is 4.27. The van der Waals surface area contributed by atoms with E-state index in [0.29, 0.717) is 0 Å². The Morgan fingerprint density at radius 3 is 1.12 bits per heavy atom. The van der Waals surface area contributed by atoms with E-state index in [4.69, 9.17) is 0 Å². The fourth-order valence-electron chi connectivity index (χ4n) is 4.23. The van der Waals surface area contributed by atoms with Crippen molar-refractivity contribution in [2.75, 3.05) is 0 Å². The Balaban J connectivity index is 1.18. The lowest BCUT2D eigenvalue weighted by atomic mass is 10.1. The molecule has 0 saturated carbocycles. The Hall–Kier alpha value is -4.74. The Morgan fingerprint density at radius 2 is 0.794 bits per heavy atom. The highest BCUT2D eigenvalue weighted by atomic mass is 14.9. The van der Waals surface area contributed by atoms with Crippen molar-refractivity contribution in [2.24, 2.45) is 0 Å². The van der Waals surface area contributed by atoms with Crippen molar-refractivity contribution in [3.63, 3.8) is 0 Å². The van der Waals surface area contributed by atoms with Gasteiger partial charge in [0.1, 0.15) is 0 Å². The van der Waals surface area contributed by atoms with Crippen LogP contribution < -0.4 is 9.13 Å². The molecule has 2 aliphatic rings. The molecule has 0 fully saturated rings. The first-order valence-electron chi connectivity index (χ1n) is 11.3. The quantitative estimate of drug-likeness (QED) is 0.264. The minimum absolute atomic E-state index is 1.13. The van der Waals surface area contributed by atoms with Crippen molar-refractivity contribution in [3.8, 4) is 22.5 Å². The van der Waals surface area contributed by atoms with Gasteiger partial charge in [0.05, 0.1) is 0 Å².